The summed E-state index contributed by atoms with van der Waals surface area (Å²) in [6.45, 7) is 7.04. The summed E-state index contributed by atoms with van der Waals surface area (Å²) < 4.78 is 1.21. The Labute approximate surface area is 172 Å². The van der Waals surface area contributed by atoms with Crippen molar-refractivity contribution in [1.29, 1.82) is 0 Å². The molecule has 0 spiro atoms. The lowest BCUT2D eigenvalue weighted by atomic mass is 10.1. The topological polar surface area (TPSA) is 36.4 Å². The first-order chi connectivity index (χ1) is 12.9. The van der Waals surface area contributed by atoms with Gasteiger partial charge in [0.05, 0.1) is 20.8 Å². The summed E-state index contributed by atoms with van der Waals surface area (Å²) in [5.74, 6) is -0.0490. The molecule has 27 heavy (non-hydrogen) atoms. The summed E-state index contributed by atoms with van der Waals surface area (Å²) in [6, 6.07) is 9.28. The average molecular weight is 420 g/mol. The molecule has 0 saturated carbocycles. The normalized spacial score (nSPS) is 14.8. The molecule has 7 heteroatoms. The molecule has 1 saturated heterocycles. The van der Waals surface area contributed by atoms with Crippen molar-refractivity contribution in [3.05, 3.63) is 57.1 Å². The summed E-state index contributed by atoms with van der Waals surface area (Å²) in [5, 5.41) is 1.95. The first-order valence-corrected chi connectivity index (χ1v) is 10.4. The van der Waals surface area contributed by atoms with Crippen molar-refractivity contribution >= 4 is 55.8 Å². The summed E-state index contributed by atoms with van der Waals surface area (Å²) in [5.41, 5.74) is 4.08. The minimum absolute atomic E-state index is 0.0490. The van der Waals surface area contributed by atoms with E-state index in [0.717, 1.165) is 23.7 Å². The Kier molecular flexibility index (Phi) is 5.01. The van der Waals surface area contributed by atoms with Gasteiger partial charge in [-0.1, -0.05) is 40.6 Å². The van der Waals surface area contributed by atoms with Gasteiger partial charge >= 0.3 is 0 Å². The van der Waals surface area contributed by atoms with E-state index < -0.39 is 0 Å². The first-order valence-electron chi connectivity index (χ1n) is 8.80. The summed E-state index contributed by atoms with van der Waals surface area (Å²) in [4.78, 5) is 21.7. The summed E-state index contributed by atoms with van der Waals surface area (Å²) in [7, 11) is 0. The number of rotatable bonds is 2. The van der Waals surface area contributed by atoms with E-state index in [0.29, 0.717) is 28.7 Å². The van der Waals surface area contributed by atoms with Crippen LogP contribution in [0.2, 0.25) is 10.0 Å². The van der Waals surface area contributed by atoms with Gasteiger partial charge < -0.3 is 9.80 Å². The van der Waals surface area contributed by atoms with Crippen molar-refractivity contribution in [3.8, 4) is 0 Å². The van der Waals surface area contributed by atoms with Gasteiger partial charge in [0.2, 0.25) is 0 Å². The number of piperazine rings is 1. The van der Waals surface area contributed by atoms with E-state index in [1.54, 1.807) is 29.5 Å². The van der Waals surface area contributed by atoms with Crippen molar-refractivity contribution in [3.63, 3.8) is 0 Å². The highest BCUT2D eigenvalue weighted by atomic mass is 35.5. The van der Waals surface area contributed by atoms with E-state index >= 15 is 0 Å². The van der Waals surface area contributed by atoms with Crippen molar-refractivity contribution in [2.75, 3.05) is 31.1 Å². The smallest absolute Gasteiger partial charge is 0.255 e. The monoisotopic (exact) mass is 419 g/mol. The third-order valence-corrected chi connectivity index (χ3v) is 6.70. The Morgan fingerprint density at radius 2 is 1.81 bits per heavy atom. The van der Waals surface area contributed by atoms with Crippen LogP contribution in [0.25, 0.3) is 10.2 Å². The number of carbonyl (C=O) groups excluding carboxylic acids is 1. The van der Waals surface area contributed by atoms with Crippen LogP contribution in [0.5, 0.6) is 0 Å². The number of hydrogen-bond acceptors (Lipinski definition) is 4. The quantitative estimate of drug-likeness (QED) is 0.573. The van der Waals surface area contributed by atoms with Crippen LogP contribution in [0.4, 0.5) is 5.13 Å². The van der Waals surface area contributed by atoms with E-state index in [4.69, 9.17) is 28.2 Å². The Morgan fingerprint density at radius 3 is 2.52 bits per heavy atom. The number of amides is 1. The van der Waals surface area contributed by atoms with Crippen molar-refractivity contribution in [2.24, 2.45) is 0 Å². The second kappa shape index (κ2) is 7.30. The van der Waals surface area contributed by atoms with E-state index in [1.165, 1.54) is 15.8 Å². The Hall–Kier alpha value is -1.82. The fourth-order valence-electron chi connectivity index (χ4n) is 3.28. The molecule has 0 N–H and O–H groups in total. The molecule has 0 atom stereocenters. The molecule has 1 aromatic heterocycles. The largest absolute Gasteiger partial charge is 0.345 e. The van der Waals surface area contributed by atoms with E-state index in [9.17, 15) is 4.79 Å². The maximum absolute atomic E-state index is 12.8. The number of hydrogen-bond donors (Lipinski definition) is 0. The number of halogens is 2. The molecule has 0 aliphatic carbocycles. The summed E-state index contributed by atoms with van der Waals surface area (Å²) >= 11 is 13.8. The molecule has 4 rings (SSSR count). The average Bonchev–Trinajstić information content (AvgIpc) is 3.09. The Balaban J connectivity index is 1.49. The zero-order valence-electron chi connectivity index (χ0n) is 15.1. The molecule has 1 fully saturated rings. The highest BCUT2D eigenvalue weighted by Gasteiger charge is 2.25. The third-order valence-electron chi connectivity index (χ3n) is 5.07. The Bertz CT molecular complexity index is 1030. The number of aromatic nitrogens is 1. The van der Waals surface area contributed by atoms with Gasteiger partial charge in [-0.2, -0.15) is 0 Å². The molecule has 4 nitrogen and oxygen atoms in total. The third kappa shape index (κ3) is 3.51. The second-order valence-electron chi connectivity index (χ2n) is 6.75. The minimum Gasteiger partial charge on any atom is -0.345 e. The van der Waals surface area contributed by atoms with Crippen LogP contribution in [-0.4, -0.2) is 42.0 Å². The maximum Gasteiger partial charge on any atom is 0.255 e. The maximum atomic E-state index is 12.8. The lowest BCUT2D eigenvalue weighted by Gasteiger charge is -2.34. The number of anilines is 1. The van der Waals surface area contributed by atoms with Crippen LogP contribution in [0.15, 0.2) is 30.3 Å². The highest BCUT2D eigenvalue weighted by Crippen LogP contribution is 2.32. The van der Waals surface area contributed by atoms with E-state index in [2.05, 4.69) is 30.9 Å². The van der Waals surface area contributed by atoms with Crippen LogP contribution < -0.4 is 4.90 Å². The van der Waals surface area contributed by atoms with Crippen molar-refractivity contribution in [1.82, 2.24) is 9.88 Å². The molecule has 1 aliphatic rings. The predicted octanol–water partition coefficient (Wildman–Crippen LogP) is 5.18. The Morgan fingerprint density at radius 1 is 1.07 bits per heavy atom. The highest BCUT2D eigenvalue weighted by molar-refractivity contribution is 7.22. The zero-order valence-corrected chi connectivity index (χ0v) is 17.5. The van der Waals surface area contributed by atoms with Gasteiger partial charge in [-0.05, 0) is 49.2 Å². The molecule has 140 valence electrons. The number of aryl methyl sites for hydroxylation is 2. The van der Waals surface area contributed by atoms with E-state index in [-0.39, 0.29) is 5.91 Å². The molecular weight excluding hydrogens is 401 g/mol. The number of nitrogens with zero attached hydrogens (tertiary/aromatic N) is 3. The minimum atomic E-state index is -0.0490. The van der Waals surface area contributed by atoms with Crippen LogP contribution in [0.1, 0.15) is 21.5 Å². The molecule has 0 radical (unpaired) electrons. The van der Waals surface area contributed by atoms with Gasteiger partial charge in [-0.25, -0.2) is 4.98 Å². The van der Waals surface area contributed by atoms with Crippen LogP contribution in [-0.2, 0) is 0 Å². The van der Waals surface area contributed by atoms with E-state index in [1.807, 2.05) is 4.90 Å². The standard InChI is InChI=1S/C20H19Cl2N3OS/c1-12-3-6-17-18(13(12)2)23-20(27-17)25-9-7-24(8-10-25)19(26)15-5-4-14(21)11-16(15)22/h3-6,11H,7-10H2,1-2H3. The molecule has 0 unspecified atom stereocenters. The predicted molar refractivity (Wildman–Crippen MR) is 114 cm³/mol. The SMILES string of the molecule is Cc1ccc2sc(N3CCN(C(=O)c4ccc(Cl)cc4Cl)CC3)nc2c1C. The van der Waals surface area contributed by atoms with Crippen molar-refractivity contribution < 1.29 is 4.79 Å². The molecule has 3 aromatic rings. The van der Waals surface area contributed by atoms with Crippen LogP contribution in [0, 0.1) is 13.8 Å². The molecule has 0 bridgehead atoms. The fraction of sp³-hybridized carbons (Fsp3) is 0.300. The molecule has 1 aliphatic heterocycles. The fourth-order valence-corrected chi connectivity index (χ4v) is 4.85. The van der Waals surface area contributed by atoms with Gasteiger partial charge in [-0.15, -0.1) is 0 Å². The van der Waals surface area contributed by atoms with Gasteiger partial charge in [0.15, 0.2) is 5.13 Å². The van der Waals surface area contributed by atoms with Gasteiger partial charge in [0.1, 0.15) is 0 Å². The molecular formula is C20H19Cl2N3OS. The zero-order chi connectivity index (χ0) is 19.1. The van der Waals surface area contributed by atoms with Gasteiger partial charge in [-0.3, -0.25) is 4.79 Å². The van der Waals surface area contributed by atoms with Crippen molar-refractivity contribution in [2.45, 2.75) is 13.8 Å². The number of fused-ring (bicyclic) bond motifs is 1. The summed E-state index contributed by atoms with van der Waals surface area (Å²) in [6.07, 6.45) is 0. The number of benzene rings is 2. The molecule has 1 amide bonds. The molecule has 2 aromatic carbocycles. The molecule has 2 heterocycles. The van der Waals surface area contributed by atoms with Crippen LogP contribution >= 0.6 is 34.5 Å². The lowest BCUT2D eigenvalue weighted by molar-refractivity contribution is 0.0747. The van der Waals surface area contributed by atoms with Gasteiger partial charge in [0, 0.05) is 31.2 Å². The van der Waals surface area contributed by atoms with Gasteiger partial charge in [0.25, 0.3) is 5.91 Å². The number of carbonyl (C=O) groups is 1. The lowest BCUT2D eigenvalue weighted by Crippen LogP contribution is -2.48. The van der Waals surface area contributed by atoms with Crippen LogP contribution in [0.3, 0.4) is 0 Å². The number of thiazole rings is 1. The second-order valence-corrected chi connectivity index (χ2v) is 8.61. The first kappa shape index (κ1) is 18.5.